The Morgan fingerprint density at radius 1 is 1.00 bits per heavy atom. The monoisotopic (exact) mass is 632 g/mol. The summed E-state index contributed by atoms with van der Waals surface area (Å²) in [6.07, 6.45) is 9.34. The summed E-state index contributed by atoms with van der Waals surface area (Å²) in [5.74, 6) is 0.254. The van der Waals surface area contributed by atoms with E-state index in [2.05, 4.69) is 40.9 Å². The summed E-state index contributed by atoms with van der Waals surface area (Å²) < 4.78 is 22.5. The molecule has 47 heavy (non-hydrogen) atoms. The molecule has 1 amide bonds. The zero-order valence-corrected chi connectivity index (χ0v) is 25.6. The lowest BCUT2D eigenvalue weighted by molar-refractivity contribution is -0.116. The van der Waals surface area contributed by atoms with Crippen LogP contribution in [0.1, 0.15) is 11.3 Å². The van der Waals surface area contributed by atoms with Crippen LogP contribution in [0.2, 0.25) is 0 Å². The van der Waals surface area contributed by atoms with Gasteiger partial charge in [0.25, 0.3) is 0 Å². The number of carbonyl (C=O) groups excluding carboxylic acids is 1. The molecule has 2 N–H and O–H groups in total. The first kappa shape index (κ1) is 30.1. The fourth-order valence-electron chi connectivity index (χ4n) is 5.49. The molecule has 12 nitrogen and oxygen atoms in total. The van der Waals surface area contributed by atoms with Gasteiger partial charge in [-0.25, -0.2) is 19.0 Å². The van der Waals surface area contributed by atoms with Crippen molar-refractivity contribution in [3.63, 3.8) is 0 Å². The van der Waals surface area contributed by atoms with Crippen molar-refractivity contribution in [2.24, 2.45) is 0 Å². The summed E-state index contributed by atoms with van der Waals surface area (Å²) in [6, 6.07) is 18.2. The third kappa shape index (κ3) is 7.48. The van der Waals surface area contributed by atoms with Gasteiger partial charge in [-0.2, -0.15) is 5.10 Å². The molecule has 0 unspecified atom stereocenters. The Labute approximate surface area is 269 Å². The van der Waals surface area contributed by atoms with Crippen LogP contribution in [-0.2, 0) is 22.5 Å². The number of amides is 1. The standard InChI is InChI=1S/C34H33FN10O2/c35-26-4-1-3-24(17-26)20-44-21-25-18-27(6-8-31(25)41-44)39-34-30-19-29(7-9-32(30)37-23-38-34)45-22-28(40-42-45)10-11-36-33(46)5-2-12-43-13-15-47-16-14-43/h1-9,17-19,21-23H,10-16,20H2,(H,36,46)(H,37,38,39)/b5-2+. The van der Waals surface area contributed by atoms with Gasteiger partial charge in [-0.05, 0) is 54.1 Å². The van der Waals surface area contributed by atoms with E-state index >= 15 is 0 Å². The Kier molecular flexibility index (Phi) is 8.88. The van der Waals surface area contributed by atoms with Crippen molar-refractivity contribution in [1.29, 1.82) is 0 Å². The average Bonchev–Trinajstić information content (AvgIpc) is 3.72. The Morgan fingerprint density at radius 3 is 2.79 bits per heavy atom. The quantitative estimate of drug-likeness (QED) is 0.204. The van der Waals surface area contributed by atoms with Crippen molar-refractivity contribution in [3.8, 4) is 5.69 Å². The first-order valence-electron chi connectivity index (χ1n) is 15.5. The van der Waals surface area contributed by atoms with E-state index in [4.69, 9.17) is 4.74 Å². The molecule has 1 aliphatic heterocycles. The second-order valence-corrected chi connectivity index (χ2v) is 11.3. The number of ether oxygens (including phenoxy) is 1. The molecule has 1 saturated heterocycles. The molecule has 238 valence electrons. The third-order valence-corrected chi connectivity index (χ3v) is 7.89. The average molecular weight is 633 g/mol. The van der Waals surface area contributed by atoms with E-state index in [-0.39, 0.29) is 11.7 Å². The number of benzene rings is 3. The highest BCUT2D eigenvalue weighted by atomic mass is 19.1. The maximum atomic E-state index is 13.6. The largest absolute Gasteiger partial charge is 0.379 e. The van der Waals surface area contributed by atoms with E-state index in [9.17, 15) is 9.18 Å². The number of carbonyl (C=O) groups is 1. The fourth-order valence-corrected chi connectivity index (χ4v) is 5.49. The first-order chi connectivity index (χ1) is 23.1. The molecular weight excluding hydrogens is 599 g/mol. The number of nitrogens with one attached hydrogen (secondary N) is 2. The summed E-state index contributed by atoms with van der Waals surface area (Å²) >= 11 is 0. The van der Waals surface area contributed by atoms with Gasteiger partial charge in [0.05, 0.1) is 48.4 Å². The maximum absolute atomic E-state index is 13.6. The molecule has 4 heterocycles. The van der Waals surface area contributed by atoms with Crippen LogP contribution >= 0.6 is 0 Å². The number of anilines is 2. The molecule has 0 spiro atoms. The van der Waals surface area contributed by atoms with Gasteiger partial charge in [0.1, 0.15) is 18.0 Å². The number of rotatable bonds is 11. The van der Waals surface area contributed by atoms with Crippen molar-refractivity contribution >= 4 is 39.2 Å². The van der Waals surface area contributed by atoms with Crippen molar-refractivity contribution in [2.45, 2.75) is 13.0 Å². The van der Waals surface area contributed by atoms with Crippen LogP contribution in [0.5, 0.6) is 0 Å². The number of nitrogens with zero attached hydrogens (tertiary/aromatic N) is 8. The van der Waals surface area contributed by atoms with Crippen molar-refractivity contribution in [2.75, 3.05) is 44.7 Å². The van der Waals surface area contributed by atoms with Crippen LogP contribution < -0.4 is 10.6 Å². The number of aromatic nitrogens is 7. The van der Waals surface area contributed by atoms with Crippen LogP contribution in [0, 0.1) is 5.82 Å². The van der Waals surface area contributed by atoms with Gasteiger partial charge in [-0.15, -0.1) is 5.10 Å². The fraction of sp³-hybridized carbons (Fsp3) is 0.235. The molecule has 3 aromatic heterocycles. The Morgan fingerprint density at radius 2 is 1.89 bits per heavy atom. The molecule has 3 aromatic carbocycles. The number of halogens is 1. The molecule has 1 fully saturated rings. The second-order valence-electron chi connectivity index (χ2n) is 11.3. The van der Waals surface area contributed by atoms with Crippen LogP contribution in [0.15, 0.2) is 91.5 Å². The summed E-state index contributed by atoms with van der Waals surface area (Å²) in [4.78, 5) is 23.4. The van der Waals surface area contributed by atoms with Crippen LogP contribution in [0.3, 0.4) is 0 Å². The van der Waals surface area contributed by atoms with E-state index in [0.29, 0.717) is 25.3 Å². The molecule has 13 heteroatoms. The lowest BCUT2D eigenvalue weighted by atomic mass is 10.2. The maximum Gasteiger partial charge on any atom is 0.243 e. The Balaban J connectivity index is 0.996. The van der Waals surface area contributed by atoms with Crippen molar-refractivity contribution in [1.82, 2.24) is 45.0 Å². The summed E-state index contributed by atoms with van der Waals surface area (Å²) in [7, 11) is 0. The van der Waals surface area contributed by atoms with Crippen LogP contribution in [0.4, 0.5) is 15.9 Å². The predicted molar refractivity (Wildman–Crippen MR) is 176 cm³/mol. The highest BCUT2D eigenvalue weighted by Crippen LogP contribution is 2.27. The molecule has 7 rings (SSSR count). The van der Waals surface area contributed by atoms with E-state index in [0.717, 1.165) is 77.3 Å². The number of hydrogen-bond donors (Lipinski definition) is 2. The van der Waals surface area contributed by atoms with Gasteiger partial charge in [0, 0.05) is 61.3 Å². The van der Waals surface area contributed by atoms with E-state index in [1.807, 2.05) is 60.9 Å². The van der Waals surface area contributed by atoms with Gasteiger partial charge < -0.3 is 15.4 Å². The highest BCUT2D eigenvalue weighted by molar-refractivity contribution is 5.93. The normalized spacial score (nSPS) is 13.9. The zero-order valence-electron chi connectivity index (χ0n) is 25.6. The SMILES string of the molecule is O=C(/C=C/CN1CCOCC1)NCCc1cn(-c2ccc3ncnc(Nc4ccc5nn(Cc6cccc(F)c6)cc5c4)c3c2)nn1. The van der Waals surface area contributed by atoms with Gasteiger partial charge in [0.2, 0.25) is 5.91 Å². The van der Waals surface area contributed by atoms with Gasteiger partial charge in [-0.1, -0.05) is 23.4 Å². The van der Waals surface area contributed by atoms with Crippen LogP contribution in [0.25, 0.3) is 27.5 Å². The minimum Gasteiger partial charge on any atom is -0.379 e. The molecule has 1 aliphatic rings. The van der Waals surface area contributed by atoms with E-state index in [1.54, 1.807) is 21.5 Å². The number of hydrogen-bond acceptors (Lipinski definition) is 9. The molecular formula is C34H33FN10O2. The summed E-state index contributed by atoms with van der Waals surface area (Å²) in [6.45, 7) is 4.90. The number of fused-ring (bicyclic) bond motifs is 2. The lowest BCUT2D eigenvalue weighted by Gasteiger charge is -2.24. The minimum atomic E-state index is -0.264. The molecule has 0 saturated carbocycles. The van der Waals surface area contributed by atoms with E-state index in [1.165, 1.54) is 18.5 Å². The third-order valence-electron chi connectivity index (χ3n) is 7.89. The van der Waals surface area contributed by atoms with Gasteiger partial charge in [0.15, 0.2) is 0 Å². The van der Waals surface area contributed by atoms with Crippen molar-refractivity contribution in [3.05, 3.63) is 109 Å². The summed E-state index contributed by atoms with van der Waals surface area (Å²) in [5, 5.41) is 21.3. The molecule has 0 aliphatic carbocycles. The Hall–Kier alpha value is -5.53. The zero-order chi connectivity index (χ0) is 32.0. The Bertz CT molecular complexity index is 2050. The molecule has 6 aromatic rings. The first-order valence-corrected chi connectivity index (χ1v) is 15.5. The smallest absolute Gasteiger partial charge is 0.243 e. The summed E-state index contributed by atoms with van der Waals surface area (Å²) in [5.41, 5.74) is 4.86. The highest BCUT2D eigenvalue weighted by Gasteiger charge is 2.11. The number of morpholine rings is 1. The van der Waals surface area contributed by atoms with E-state index < -0.39 is 0 Å². The van der Waals surface area contributed by atoms with Gasteiger partial charge >= 0.3 is 0 Å². The predicted octanol–water partition coefficient (Wildman–Crippen LogP) is 4.04. The molecule has 0 atom stereocenters. The van der Waals surface area contributed by atoms with Gasteiger partial charge in [-0.3, -0.25) is 14.4 Å². The van der Waals surface area contributed by atoms with Crippen molar-refractivity contribution < 1.29 is 13.9 Å². The minimum absolute atomic E-state index is 0.128. The topological polar surface area (TPSA) is 128 Å². The van der Waals surface area contributed by atoms with Crippen LogP contribution in [-0.4, -0.2) is 84.9 Å². The lowest BCUT2D eigenvalue weighted by Crippen LogP contribution is -2.36. The molecule has 0 bridgehead atoms. The molecule has 0 radical (unpaired) electrons. The second kappa shape index (κ2) is 13.8.